The predicted molar refractivity (Wildman–Crippen MR) is 118 cm³/mol. The zero-order chi connectivity index (χ0) is 23.4. The third-order valence-corrected chi connectivity index (χ3v) is 5.23. The van der Waals surface area contributed by atoms with Crippen LogP contribution in [-0.4, -0.2) is 55.2 Å². The van der Waals surface area contributed by atoms with Gasteiger partial charge in [-0.1, -0.05) is 0 Å². The van der Waals surface area contributed by atoms with Crippen molar-refractivity contribution in [1.82, 2.24) is 4.90 Å². The van der Waals surface area contributed by atoms with Crippen LogP contribution in [0, 0.1) is 6.92 Å². The van der Waals surface area contributed by atoms with Crippen molar-refractivity contribution in [2.75, 3.05) is 27.4 Å². The second kappa shape index (κ2) is 9.91. The van der Waals surface area contributed by atoms with E-state index in [4.69, 9.17) is 18.6 Å². The highest BCUT2D eigenvalue weighted by Crippen LogP contribution is 2.42. The molecule has 1 fully saturated rings. The number of aryl methyl sites for hydroxylation is 1. The van der Waals surface area contributed by atoms with Crippen LogP contribution in [0.5, 0.6) is 11.5 Å². The highest BCUT2D eigenvalue weighted by Gasteiger charge is 2.47. The molecule has 0 spiro atoms. The summed E-state index contributed by atoms with van der Waals surface area (Å²) in [6, 6.07) is 7.46. The Kier molecular flexibility index (Phi) is 7.25. The molecule has 1 aliphatic heterocycles. The first-order valence-electron chi connectivity index (χ1n) is 10.5. The maximum atomic E-state index is 13.1. The van der Waals surface area contributed by atoms with E-state index in [2.05, 4.69) is 0 Å². The standard InChI is InChI=1S/C24H29NO7/c1-14(2)31-12-6-11-25-21(19-9-7-15(3)32-19)20(23(27)24(25)28)22(26)17-13-16(29-4)8-10-18(17)30-5/h7-10,13-14,21,26H,6,11-12H2,1-5H3/b22-20+. The largest absolute Gasteiger partial charge is 0.507 e. The van der Waals surface area contributed by atoms with Gasteiger partial charge in [-0.05, 0) is 57.5 Å². The number of ether oxygens (including phenoxy) is 3. The summed E-state index contributed by atoms with van der Waals surface area (Å²) in [4.78, 5) is 27.4. The number of hydrogen-bond acceptors (Lipinski definition) is 7. The Morgan fingerprint density at radius 1 is 1.16 bits per heavy atom. The molecule has 172 valence electrons. The van der Waals surface area contributed by atoms with Crippen LogP contribution < -0.4 is 9.47 Å². The quantitative estimate of drug-likeness (QED) is 0.272. The summed E-state index contributed by atoms with van der Waals surface area (Å²) in [5.74, 6) is 0.0156. The van der Waals surface area contributed by atoms with Gasteiger partial charge in [0.1, 0.15) is 34.8 Å². The van der Waals surface area contributed by atoms with Crippen molar-refractivity contribution in [2.24, 2.45) is 0 Å². The summed E-state index contributed by atoms with van der Waals surface area (Å²) in [6.45, 7) is 6.35. The topological polar surface area (TPSA) is 98.4 Å². The Labute approximate surface area is 187 Å². The Morgan fingerprint density at radius 2 is 1.91 bits per heavy atom. The minimum atomic E-state index is -0.862. The number of hydrogen-bond donors (Lipinski definition) is 1. The van der Waals surface area contributed by atoms with E-state index in [0.29, 0.717) is 36.0 Å². The van der Waals surface area contributed by atoms with E-state index in [1.165, 1.54) is 19.1 Å². The third kappa shape index (κ3) is 4.65. The van der Waals surface area contributed by atoms with E-state index < -0.39 is 17.7 Å². The molecule has 1 aliphatic rings. The van der Waals surface area contributed by atoms with Gasteiger partial charge in [0.2, 0.25) is 0 Å². The van der Waals surface area contributed by atoms with Crippen LogP contribution >= 0.6 is 0 Å². The van der Waals surface area contributed by atoms with Crippen molar-refractivity contribution in [3.8, 4) is 11.5 Å². The first-order chi connectivity index (χ1) is 15.3. The van der Waals surface area contributed by atoms with E-state index in [1.807, 2.05) is 13.8 Å². The average Bonchev–Trinajstić information content (AvgIpc) is 3.31. The van der Waals surface area contributed by atoms with Crippen molar-refractivity contribution < 1.29 is 33.3 Å². The molecule has 0 bridgehead atoms. The molecule has 8 nitrogen and oxygen atoms in total. The van der Waals surface area contributed by atoms with Gasteiger partial charge in [0.15, 0.2) is 0 Å². The van der Waals surface area contributed by atoms with Crippen LogP contribution in [0.15, 0.2) is 40.3 Å². The Balaban J connectivity index is 2.08. The summed E-state index contributed by atoms with van der Waals surface area (Å²) in [5.41, 5.74) is 0.196. The molecule has 1 aromatic carbocycles. The fraction of sp³-hybridized carbons (Fsp3) is 0.417. The lowest BCUT2D eigenvalue weighted by Gasteiger charge is -2.23. The van der Waals surface area contributed by atoms with Crippen molar-refractivity contribution in [2.45, 2.75) is 39.3 Å². The third-order valence-electron chi connectivity index (χ3n) is 5.23. The summed E-state index contributed by atoms with van der Waals surface area (Å²) < 4.78 is 22.0. The molecule has 0 aliphatic carbocycles. The number of likely N-dealkylation sites (tertiary alicyclic amines) is 1. The van der Waals surface area contributed by atoms with E-state index in [9.17, 15) is 14.7 Å². The van der Waals surface area contributed by atoms with Crippen LogP contribution in [0.2, 0.25) is 0 Å². The first kappa shape index (κ1) is 23.4. The number of carbonyl (C=O) groups is 2. The van der Waals surface area contributed by atoms with Gasteiger partial charge >= 0.3 is 0 Å². The highest BCUT2D eigenvalue weighted by molar-refractivity contribution is 6.46. The van der Waals surface area contributed by atoms with Gasteiger partial charge in [0, 0.05) is 13.2 Å². The summed E-state index contributed by atoms with van der Waals surface area (Å²) in [5, 5.41) is 11.2. The molecule has 32 heavy (non-hydrogen) atoms. The Morgan fingerprint density at radius 3 is 2.50 bits per heavy atom. The van der Waals surface area contributed by atoms with Crippen molar-refractivity contribution >= 4 is 17.4 Å². The van der Waals surface area contributed by atoms with Gasteiger partial charge in [0.25, 0.3) is 11.7 Å². The summed E-state index contributed by atoms with van der Waals surface area (Å²) >= 11 is 0. The normalized spacial score (nSPS) is 17.9. The monoisotopic (exact) mass is 443 g/mol. The summed E-state index contributed by atoms with van der Waals surface area (Å²) in [7, 11) is 2.95. The van der Waals surface area contributed by atoms with Crippen molar-refractivity contribution in [3.05, 3.63) is 53.0 Å². The molecule has 1 atom stereocenters. The number of methoxy groups -OCH3 is 2. The van der Waals surface area contributed by atoms with Gasteiger partial charge in [-0.25, -0.2) is 0 Å². The number of amides is 1. The predicted octanol–water partition coefficient (Wildman–Crippen LogP) is 3.84. The number of nitrogens with zero attached hydrogens (tertiary/aromatic N) is 1. The van der Waals surface area contributed by atoms with Crippen LogP contribution in [0.4, 0.5) is 0 Å². The second-order valence-corrected chi connectivity index (χ2v) is 7.78. The Hall–Kier alpha value is -3.26. The maximum Gasteiger partial charge on any atom is 0.295 e. The smallest absolute Gasteiger partial charge is 0.295 e. The van der Waals surface area contributed by atoms with Crippen LogP contribution in [0.1, 0.15) is 43.4 Å². The lowest BCUT2D eigenvalue weighted by molar-refractivity contribution is -0.140. The lowest BCUT2D eigenvalue weighted by atomic mass is 9.98. The second-order valence-electron chi connectivity index (χ2n) is 7.78. The number of Topliss-reactive ketones (excluding diaryl/α,β-unsaturated/α-hetero) is 1. The van der Waals surface area contributed by atoms with Crippen LogP contribution in [0.3, 0.4) is 0 Å². The molecule has 3 rings (SSSR count). The molecule has 0 radical (unpaired) electrons. The summed E-state index contributed by atoms with van der Waals surface area (Å²) in [6.07, 6.45) is 0.596. The zero-order valence-electron chi connectivity index (χ0n) is 19.0. The van der Waals surface area contributed by atoms with Gasteiger partial charge < -0.3 is 28.6 Å². The molecule has 1 saturated heterocycles. The van der Waals surface area contributed by atoms with Crippen LogP contribution in [-0.2, 0) is 14.3 Å². The van der Waals surface area contributed by atoms with E-state index in [-0.39, 0.29) is 29.5 Å². The molecule has 1 amide bonds. The maximum absolute atomic E-state index is 13.1. The average molecular weight is 443 g/mol. The number of carbonyl (C=O) groups excluding carboxylic acids is 2. The number of ketones is 1. The van der Waals surface area contributed by atoms with E-state index in [0.717, 1.165) is 0 Å². The van der Waals surface area contributed by atoms with Crippen molar-refractivity contribution in [1.29, 1.82) is 0 Å². The fourth-order valence-electron chi connectivity index (χ4n) is 3.70. The van der Waals surface area contributed by atoms with Crippen LogP contribution in [0.25, 0.3) is 5.76 Å². The molecule has 2 aromatic rings. The number of aliphatic hydroxyl groups is 1. The lowest BCUT2D eigenvalue weighted by Crippen LogP contribution is -2.31. The highest BCUT2D eigenvalue weighted by atomic mass is 16.5. The SMILES string of the molecule is COc1ccc(OC)c(/C(O)=C2\C(=O)C(=O)N(CCCOC(C)C)C2c2ccc(C)o2)c1. The molecule has 2 heterocycles. The fourth-order valence-corrected chi connectivity index (χ4v) is 3.70. The number of rotatable bonds is 9. The van der Waals surface area contributed by atoms with E-state index in [1.54, 1.807) is 37.3 Å². The molecule has 8 heteroatoms. The molecular weight excluding hydrogens is 414 g/mol. The molecule has 1 unspecified atom stereocenters. The first-order valence-corrected chi connectivity index (χ1v) is 10.5. The zero-order valence-corrected chi connectivity index (χ0v) is 19.0. The van der Waals surface area contributed by atoms with E-state index >= 15 is 0 Å². The molecule has 1 N–H and O–H groups in total. The minimum Gasteiger partial charge on any atom is -0.507 e. The molecule has 1 aromatic heterocycles. The molecular formula is C24H29NO7. The van der Waals surface area contributed by atoms with Gasteiger partial charge in [-0.3, -0.25) is 9.59 Å². The van der Waals surface area contributed by atoms with Crippen molar-refractivity contribution in [3.63, 3.8) is 0 Å². The number of benzene rings is 1. The van der Waals surface area contributed by atoms with Gasteiger partial charge in [-0.15, -0.1) is 0 Å². The Bertz CT molecular complexity index is 1020. The molecule has 0 saturated carbocycles. The minimum absolute atomic E-state index is 0.0549. The van der Waals surface area contributed by atoms with Gasteiger partial charge in [-0.2, -0.15) is 0 Å². The number of furan rings is 1. The number of aliphatic hydroxyl groups excluding tert-OH is 1. The van der Waals surface area contributed by atoms with Gasteiger partial charge in [0.05, 0.1) is 31.5 Å².